The van der Waals surface area contributed by atoms with E-state index in [1.165, 1.54) is 6.42 Å². The summed E-state index contributed by atoms with van der Waals surface area (Å²) in [7, 11) is 1.74. The van der Waals surface area contributed by atoms with E-state index in [0.717, 1.165) is 72.3 Å². The number of ether oxygens (including phenoxy) is 2. The molecule has 0 saturated carbocycles. The van der Waals surface area contributed by atoms with Gasteiger partial charge in [-0.2, -0.15) is 0 Å². The van der Waals surface area contributed by atoms with Crippen molar-refractivity contribution in [2.45, 2.75) is 57.8 Å². The molecule has 0 N–H and O–H groups in total. The summed E-state index contributed by atoms with van der Waals surface area (Å²) in [6.07, 6.45) is 5.31. The molecule has 2 aliphatic rings. The van der Waals surface area contributed by atoms with Crippen LogP contribution in [-0.2, 0) is 16.5 Å². The summed E-state index contributed by atoms with van der Waals surface area (Å²) < 4.78 is 15.3. The number of rotatable bonds is 7. The van der Waals surface area contributed by atoms with Crippen LogP contribution in [0.1, 0.15) is 57.9 Å². The molecule has 5 heterocycles. The quantitative estimate of drug-likeness (QED) is 0.363. The number of aryl methyl sites for hydroxylation is 1. The molecule has 1 spiro atoms. The Hall–Kier alpha value is -3.14. The van der Waals surface area contributed by atoms with Crippen LogP contribution in [0.2, 0.25) is 0 Å². The highest BCUT2D eigenvalue weighted by Gasteiger charge is 2.40. The minimum absolute atomic E-state index is 0.00742. The third-order valence-corrected chi connectivity index (χ3v) is 8.33. The Morgan fingerprint density at radius 2 is 1.82 bits per heavy atom. The molecule has 0 bridgehead atoms. The summed E-state index contributed by atoms with van der Waals surface area (Å²) in [4.78, 5) is 20.1. The van der Waals surface area contributed by atoms with Crippen molar-refractivity contribution in [3.8, 4) is 11.1 Å². The Morgan fingerprint density at radius 1 is 1.05 bits per heavy atom. The van der Waals surface area contributed by atoms with Crippen LogP contribution in [0.5, 0.6) is 0 Å². The first kappa shape index (κ1) is 25.2. The largest absolute Gasteiger partial charge is 0.375 e. The number of hydrogen-bond donors (Lipinski definition) is 0. The molecule has 1 aromatic carbocycles. The van der Waals surface area contributed by atoms with Crippen molar-refractivity contribution >= 4 is 22.1 Å². The first-order chi connectivity index (χ1) is 18.3. The second kappa shape index (κ2) is 9.87. The van der Waals surface area contributed by atoms with Gasteiger partial charge in [0.15, 0.2) is 5.65 Å². The van der Waals surface area contributed by atoms with Gasteiger partial charge in [-0.25, -0.2) is 4.79 Å². The van der Waals surface area contributed by atoms with Gasteiger partial charge in [-0.1, -0.05) is 12.1 Å². The van der Waals surface area contributed by atoms with Gasteiger partial charge in [0.1, 0.15) is 5.52 Å². The number of hydrogen-bond acceptors (Lipinski definition) is 7. The van der Waals surface area contributed by atoms with Crippen molar-refractivity contribution in [3.05, 3.63) is 52.7 Å². The van der Waals surface area contributed by atoms with E-state index in [9.17, 15) is 4.79 Å². The zero-order valence-corrected chi connectivity index (χ0v) is 22.7. The highest BCUT2D eigenvalue weighted by Crippen LogP contribution is 2.36. The van der Waals surface area contributed by atoms with Crippen LogP contribution in [-0.4, -0.2) is 67.7 Å². The maximum atomic E-state index is 12.9. The molecule has 1 atom stereocenters. The van der Waals surface area contributed by atoms with Gasteiger partial charge in [-0.05, 0) is 63.8 Å². The first-order valence-corrected chi connectivity index (χ1v) is 13.7. The number of aromatic nitrogens is 5. The Kier molecular flexibility index (Phi) is 6.53. The molecule has 2 aliphatic heterocycles. The van der Waals surface area contributed by atoms with Crippen LogP contribution < -0.4 is 5.69 Å². The third-order valence-electron chi connectivity index (χ3n) is 8.33. The summed E-state index contributed by atoms with van der Waals surface area (Å²) in [5, 5.41) is 9.61. The summed E-state index contributed by atoms with van der Waals surface area (Å²) in [5.74, 6) is 0. The molecule has 9 heteroatoms. The zero-order chi connectivity index (χ0) is 26.4. The predicted octanol–water partition coefficient (Wildman–Crippen LogP) is 4.26. The van der Waals surface area contributed by atoms with Gasteiger partial charge in [0.2, 0.25) is 0 Å². The highest BCUT2D eigenvalue weighted by atomic mass is 16.5. The van der Waals surface area contributed by atoms with Crippen molar-refractivity contribution in [1.82, 2.24) is 29.2 Å². The molecular formula is C29H36N6O3. The molecule has 0 aliphatic carbocycles. The van der Waals surface area contributed by atoms with E-state index in [1.54, 1.807) is 16.2 Å². The molecule has 2 saturated heterocycles. The van der Waals surface area contributed by atoms with E-state index in [1.807, 2.05) is 38.2 Å². The van der Waals surface area contributed by atoms with E-state index < -0.39 is 0 Å². The molecule has 200 valence electrons. The number of imidazole rings is 1. The van der Waals surface area contributed by atoms with Crippen molar-refractivity contribution in [3.63, 3.8) is 0 Å². The average molecular weight is 517 g/mol. The summed E-state index contributed by atoms with van der Waals surface area (Å²) in [6.45, 7) is 10.8. The Balaban J connectivity index is 1.16. The van der Waals surface area contributed by atoms with Gasteiger partial charge in [0, 0.05) is 49.9 Å². The smallest absolute Gasteiger partial charge is 0.330 e. The second-order valence-electron chi connectivity index (χ2n) is 11.0. The van der Waals surface area contributed by atoms with Gasteiger partial charge in [0.05, 0.1) is 36.1 Å². The van der Waals surface area contributed by atoms with Crippen LogP contribution in [0, 0.1) is 0 Å². The lowest BCUT2D eigenvalue weighted by Crippen LogP contribution is -2.52. The third kappa shape index (κ3) is 4.42. The SMILES string of the molecule is CC(C)n1c(=O)n(C)c2nnc3ccc(-c4ccc([C@@H](C)OCCN5CCC6(CCO6)CC5)nc4)cc3c21. The molecule has 6 rings (SSSR count). The fourth-order valence-electron chi connectivity index (χ4n) is 5.78. The minimum Gasteiger partial charge on any atom is -0.375 e. The lowest BCUT2D eigenvalue weighted by molar-refractivity contribution is -0.173. The minimum atomic E-state index is -0.0844. The average Bonchev–Trinajstić information content (AvgIpc) is 3.18. The maximum absolute atomic E-state index is 12.9. The van der Waals surface area contributed by atoms with E-state index >= 15 is 0 Å². The normalized spacial score (nSPS) is 18.4. The number of piperidine rings is 1. The van der Waals surface area contributed by atoms with Crippen molar-refractivity contribution in [1.29, 1.82) is 0 Å². The molecule has 0 unspecified atom stereocenters. The lowest BCUT2D eigenvalue weighted by Gasteiger charge is -2.47. The molecule has 2 fully saturated rings. The number of fused-ring (bicyclic) bond motifs is 3. The maximum Gasteiger partial charge on any atom is 0.330 e. The van der Waals surface area contributed by atoms with Crippen LogP contribution in [0.4, 0.5) is 0 Å². The highest BCUT2D eigenvalue weighted by molar-refractivity contribution is 6.02. The summed E-state index contributed by atoms with van der Waals surface area (Å²) >= 11 is 0. The lowest BCUT2D eigenvalue weighted by atomic mass is 9.84. The molecule has 4 aromatic rings. The second-order valence-corrected chi connectivity index (χ2v) is 11.0. The summed E-state index contributed by atoms with van der Waals surface area (Å²) in [5.41, 5.74) is 5.21. The van der Waals surface area contributed by atoms with E-state index in [4.69, 9.17) is 14.5 Å². The van der Waals surface area contributed by atoms with Gasteiger partial charge in [-0.15, -0.1) is 10.2 Å². The molecule has 9 nitrogen and oxygen atoms in total. The van der Waals surface area contributed by atoms with Gasteiger partial charge in [-0.3, -0.25) is 14.1 Å². The van der Waals surface area contributed by atoms with Crippen LogP contribution in [0.3, 0.4) is 0 Å². The van der Waals surface area contributed by atoms with E-state index in [0.29, 0.717) is 12.3 Å². The van der Waals surface area contributed by atoms with Gasteiger partial charge < -0.3 is 14.4 Å². The number of nitrogens with zero attached hydrogens (tertiary/aromatic N) is 6. The Labute approximate surface area is 222 Å². The molecule has 0 radical (unpaired) electrons. The molecule has 0 amide bonds. The fourth-order valence-corrected chi connectivity index (χ4v) is 5.78. The van der Waals surface area contributed by atoms with Gasteiger partial charge >= 0.3 is 5.69 Å². The summed E-state index contributed by atoms with van der Waals surface area (Å²) in [6, 6.07) is 10.2. The number of benzene rings is 1. The number of pyridine rings is 1. The Morgan fingerprint density at radius 3 is 2.47 bits per heavy atom. The van der Waals surface area contributed by atoms with Crippen LogP contribution in [0.25, 0.3) is 33.2 Å². The predicted molar refractivity (Wildman–Crippen MR) is 147 cm³/mol. The number of likely N-dealkylation sites (tertiary alicyclic amines) is 1. The van der Waals surface area contributed by atoms with Gasteiger partial charge in [0.25, 0.3) is 0 Å². The standard InChI is InChI=1S/C29H36N6O3/c1-19(2)35-26-23-17-21(5-8-25(23)31-32-27(26)33(4)28(35)36)22-6-7-24(30-18-22)20(3)37-16-14-34-12-9-29(10-13-34)11-15-38-29/h5-8,17-20H,9-16H2,1-4H3/t20-/m1/s1. The molecular weight excluding hydrogens is 480 g/mol. The monoisotopic (exact) mass is 516 g/mol. The molecule has 3 aromatic heterocycles. The van der Waals surface area contributed by atoms with E-state index in [-0.39, 0.29) is 23.4 Å². The van der Waals surface area contributed by atoms with Crippen molar-refractivity contribution < 1.29 is 9.47 Å². The Bertz CT molecular complexity index is 1510. The molecule has 38 heavy (non-hydrogen) atoms. The van der Waals surface area contributed by atoms with Crippen LogP contribution >= 0.6 is 0 Å². The van der Waals surface area contributed by atoms with Crippen LogP contribution in [0.15, 0.2) is 41.3 Å². The topological polar surface area (TPSA) is 87.3 Å². The fraction of sp³-hybridized carbons (Fsp3) is 0.517. The van der Waals surface area contributed by atoms with Crippen molar-refractivity contribution in [2.75, 3.05) is 32.8 Å². The first-order valence-electron chi connectivity index (χ1n) is 13.7. The van der Waals surface area contributed by atoms with E-state index in [2.05, 4.69) is 34.2 Å². The van der Waals surface area contributed by atoms with Crippen molar-refractivity contribution in [2.24, 2.45) is 7.05 Å². The zero-order valence-electron chi connectivity index (χ0n) is 22.7.